The number of nitrogens with one attached hydrogen (secondary N) is 2. The Balaban J connectivity index is 0.00000225. The van der Waals surface area contributed by atoms with Gasteiger partial charge in [0.15, 0.2) is 12.0 Å². The van der Waals surface area contributed by atoms with Crippen LogP contribution < -0.4 is 22.6 Å². The molecule has 0 bridgehead atoms. The molecule has 0 aromatic heterocycles. The lowest BCUT2D eigenvalue weighted by atomic mass is 9.80. The van der Waals surface area contributed by atoms with Gasteiger partial charge in [0.05, 0.1) is 19.0 Å². The van der Waals surface area contributed by atoms with Crippen molar-refractivity contribution in [3.63, 3.8) is 0 Å². The molecule has 148 valence electrons. The maximum Gasteiger partial charge on any atom is 0.407 e. The molecule has 2 aliphatic heterocycles. The topological polar surface area (TPSA) is 67.5 Å². The van der Waals surface area contributed by atoms with Crippen molar-refractivity contribution in [3.8, 4) is 0 Å². The Kier molecular flexibility index (Phi) is 7.01. The van der Waals surface area contributed by atoms with Crippen LogP contribution in [0, 0.1) is 11.8 Å². The van der Waals surface area contributed by atoms with Gasteiger partial charge in [-0.15, -0.1) is 0 Å². The van der Waals surface area contributed by atoms with Crippen molar-refractivity contribution in [3.05, 3.63) is 59.7 Å². The smallest absolute Gasteiger partial charge is 0.407 e. The SMILES string of the molecule is O=C(NCc1ccccc1)OCC1CCC(C2=C3C=NC=C[NH+]3C=N2)CC1.[Cl-]. The number of hydrogen-bond acceptors (Lipinski definition) is 4. The third kappa shape index (κ3) is 4.88. The zero-order valence-corrected chi connectivity index (χ0v) is 16.4. The summed E-state index contributed by atoms with van der Waals surface area (Å²) in [6, 6.07) is 9.85. The molecule has 1 aromatic carbocycles. The normalized spacial score (nSPS) is 25.2. The molecular weight excluding hydrogens is 376 g/mol. The molecule has 0 radical (unpaired) electrons. The molecule has 1 fully saturated rings. The van der Waals surface area contributed by atoms with Crippen molar-refractivity contribution in [1.29, 1.82) is 0 Å². The quantitative estimate of drug-likeness (QED) is 0.694. The van der Waals surface area contributed by atoms with Crippen molar-refractivity contribution in [2.75, 3.05) is 6.61 Å². The first-order valence-electron chi connectivity index (χ1n) is 9.59. The van der Waals surface area contributed by atoms with Crippen molar-refractivity contribution < 1.29 is 26.8 Å². The van der Waals surface area contributed by atoms with E-state index in [4.69, 9.17) is 4.74 Å². The standard InChI is InChI=1S/C21H24N4O2.ClH/c26-21(23-12-16-4-2-1-3-5-16)27-14-17-6-8-18(9-7-17)20-19-13-22-10-11-25(19)15-24-20;/h1-5,10-11,13,15,17-18H,6-9,12,14H2,(H,23,26);1H. The molecule has 3 aliphatic rings. The number of fused-ring (bicyclic) bond motifs is 1. The van der Waals surface area contributed by atoms with Crippen LogP contribution in [0.15, 0.2) is 64.1 Å². The summed E-state index contributed by atoms with van der Waals surface area (Å²) in [6.07, 6.45) is 11.6. The minimum absolute atomic E-state index is 0. The van der Waals surface area contributed by atoms with Crippen LogP contribution >= 0.6 is 0 Å². The minimum atomic E-state index is -0.337. The molecular formula is C21H25ClN4O2. The highest BCUT2D eigenvalue weighted by Gasteiger charge is 2.32. The van der Waals surface area contributed by atoms with E-state index in [0.717, 1.165) is 31.2 Å². The number of ether oxygens (including phenoxy) is 1. The van der Waals surface area contributed by atoms with Crippen LogP contribution in [-0.4, -0.2) is 25.3 Å². The summed E-state index contributed by atoms with van der Waals surface area (Å²) in [5, 5.41) is 2.81. The number of quaternary nitrogens is 1. The van der Waals surface area contributed by atoms with Gasteiger partial charge in [-0.2, -0.15) is 0 Å². The number of halogens is 1. The van der Waals surface area contributed by atoms with Gasteiger partial charge in [-0.3, -0.25) is 4.99 Å². The summed E-state index contributed by atoms with van der Waals surface area (Å²) < 4.78 is 5.42. The van der Waals surface area contributed by atoms with Crippen molar-refractivity contribution in [2.24, 2.45) is 21.8 Å². The summed E-state index contributed by atoms with van der Waals surface area (Å²) in [5.74, 6) is 0.915. The predicted molar refractivity (Wildman–Crippen MR) is 104 cm³/mol. The number of aliphatic imine (C=N–C) groups is 2. The number of rotatable bonds is 5. The molecule has 2 heterocycles. The molecule has 4 rings (SSSR count). The van der Waals surface area contributed by atoms with Crippen LogP contribution in [0.4, 0.5) is 4.79 Å². The first-order valence-corrected chi connectivity index (χ1v) is 9.59. The Labute approximate surface area is 171 Å². The Bertz CT molecular complexity index is 796. The first-order chi connectivity index (χ1) is 13.3. The van der Waals surface area contributed by atoms with E-state index >= 15 is 0 Å². The highest BCUT2D eigenvalue weighted by Crippen LogP contribution is 2.35. The van der Waals surface area contributed by atoms with Gasteiger partial charge in [0.25, 0.3) is 0 Å². The largest absolute Gasteiger partial charge is 1.00 e. The minimum Gasteiger partial charge on any atom is -1.00 e. The molecule has 28 heavy (non-hydrogen) atoms. The number of amides is 1. The first kappa shape index (κ1) is 20.3. The third-order valence-corrected chi connectivity index (χ3v) is 5.44. The Hall–Kier alpha value is -2.44. The van der Waals surface area contributed by atoms with Gasteiger partial charge in [0.2, 0.25) is 0 Å². The summed E-state index contributed by atoms with van der Waals surface area (Å²) in [6.45, 7) is 0.986. The second kappa shape index (κ2) is 9.66. The summed E-state index contributed by atoms with van der Waals surface area (Å²) in [5.41, 5.74) is 3.43. The zero-order valence-electron chi connectivity index (χ0n) is 15.7. The van der Waals surface area contributed by atoms with Crippen molar-refractivity contribution in [1.82, 2.24) is 5.32 Å². The van der Waals surface area contributed by atoms with Gasteiger partial charge in [-0.05, 0) is 37.2 Å². The molecule has 7 heteroatoms. The molecule has 0 spiro atoms. The van der Waals surface area contributed by atoms with Crippen molar-refractivity contribution in [2.45, 2.75) is 32.2 Å². The van der Waals surface area contributed by atoms with Gasteiger partial charge in [0.1, 0.15) is 11.9 Å². The van der Waals surface area contributed by atoms with E-state index in [1.165, 1.54) is 16.3 Å². The van der Waals surface area contributed by atoms with E-state index in [0.29, 0.717) is 25.0 Å². The lowest BCUT2D eigenvalue weighted by molar-refractivity contribution is -0.682. The van der Waals surface area contributed by atoms with E-state index in [-0.39, 0.29) is 18.5 Å². The molecule has 1 aromatic rings. The van der Waals surface area contributed by atoms with Gasteiger partial charge in [0, 0.05) is 12.5 Å². The predicted octanol–water partition coefficient (Wildman–Crippen LogP) is -0.583. The van der Waals surface area contributed by atoms with E-state index in [1.54, 1.807) is 0 Å². The number of carbonyl (C=O) groups is 1. The number of hydrogen-bond donors (Lipinski definition) is 2. The number of benzene rings is 1. The number of nitrogens with zero attached hydrogens (tertiary/aromatic N) is 2. The second-order valence-corrected chi connectivity index (χ2v) is 7.26. The van der Waals surface area contributed by atoms with Crippen LogP contribution in [0.2, 0.25) is 0 Å². The number of alkyl carbamates (subject to hydrolysis) is 1. The molecule has 1 unspecified atom stereocenters. The van der Waals surface area contributed by atoms with E-state index in [9.17, 15) is 4.79 Å². The number of allylic oxidation sites excluding steroid dienone is 2. The molecule has 6 nitrogen and oxygen atoms in total. The lowest BCUT2D eigenvalue weighted by Gasteiger charge is -2.27. The molecule has 1 saturated carbocycles. The average Bonchev–Trinajstić information content (AvgIpc) is 3.16. The fourth-order valence-corrected chi connectivity index (χ4v) is 3.88. The van der Waals surface area contributed by atoms with Gasteiger partial charge in [-0.1, -0.05) is 30.3 Å². The van der Waals surface area contributed by atoms with E-state index in [1.807, 2.05) is 55.3 Å². The fraction of sp³-hybridized carbons (Fsp3) is 0.381. The number of carbonyl (C=O) groups excluding carboxylic acids is 1. The molecule has 2 N–H and O–H groups in total. The maximum atomic E-state index is 11.9. The summed E-state index contributed by atoms with van der Waals surface area (Å²) in [4.78, 5) is 21.9. The highest BCUT2D eigenvalue weighted by atomic mass is 35.5. The van der Waals surface area contributed by atoms with Crippen LogP contribution in [0.1, 0.15) is 31.2 Å². The third-order valence-electron chi connectivity index (χ3n) is 5.44. The molecule has 0 saturated heterocycles. The van der Waals surface area contributed by atoms with Crippen LogP contribution in [0.5, 0.6) is 0 Å². The van der Waals surface area contributed by atoms with Crippen LogP contribution in [-0.2, 0) is 11.3 Å². The monoisotopic (exact) mass is 400 g/mol. The fourth-order valence-electron chi connectivity index (χ4n) is 3.88. The lowest BCUT2D eigenvalue weighted by Crippen LogP contribution is -3.04. The van der Waals surface area contributed by atoms with Crippen LogP contribution in [0.3, 0.4) is 0 Å². The highest BCUT2D eigenvalue weighted by molar-refractivity contribution is 5.81. The summed E-state index contributed by atoms with van der Waals surface area (Å²) >= 11 is 0. The molecule has 1 aliphatic carbocycles. The van der Waals surface area contributed by atoms with Gasteiger partial charge in [-0.25, -0.2) is 14.7 Å². The average molecular weight is 401 g/mol. The zero-order chi connectivity index (χ0) is 18.5. The Morgan fingerprint density at radius 2 is 1.96 bits per heavy atom. The Morgan fingerprint density at radius 1 is 1.18 bits per heavy atom. The molecule has 1 amide bonds. The second-order valence-electron chi connectivity index (χ2n) is 7.26. The van der Waals surface area contributed by atoms with E-state index < -0.39 is 0 Å². The van der Waals surface area contributed by atoms with Gasteiger partial charge >= 0.3 is 6.09 Å². The Morgan fingerprint density at radius 3 is 2.75 bits per heavy atom. The van der Waals surface area contributed by atoms with Crippen molar-refractivity contribution >= 4 is 18.6 Å². The summed E-state index contributed by atoms with van der Waals surface area (Å²) in [7, 11) is 0. The molecule has 1 atom stereocenters. The van der Waals surface area contributed by atoms with E-state index in [2.05, 4.69) is 15.3 Å². The van der Waals surface area contributed by atoms with Crippen LogP contribution in [0.25, 0.3) is 0 Å². The maximum absolute atomic E-state index is 11.9. The van der Waals surface area contributed by atoms with Gasteiger partial charge < -0.3 is 22.5 Å².